The molecule has 0 fully saturated rings. The molecule has 0 radical (unpaired) electrons. The molecule has 2 rings (SSSR count). The number of hydrogen-bond acceptors (Lipinski definition) is 4. The zero-order valence-electron chi connectivity index (χ0n) is 12.4. The van der Waals surface area contributed by atoms with Crippen molar-refractivity contribution in [2.45, 2.75) is 26.7 Å². The lowest BCUT2D eigenvalue weighted by Gasteiger charge is -2.15. The number of pyridine rings is 1. The Morgan fingerprint density at radius 2 is 2.00 bits per heavy atom. The lowest BCUT2D eigenvalue weighted by Crippen LogP contribution is -2.14. The van der Waals surface area contributed by atoms with Crippen molar-refractivity contribution in [3.8, 4) is 11.6 Å². The van der Waals surface area contributed by atoms with E-state index in [1.165, 1.54) is 12.3 Å². The number of amides is 1. The number of carbonyl (C=O) groups is 1. The van der Waals surface area contributed by atoms with Crippen LogP contribution in [0, 0.1) is 6.92 Å². The van der Waals surface area contributed by atoms with Gasteiger partial charge in [-0.3, -0.25) is 4.79 Å². The van der Waals surface area contributed by atoms with Gasteiger partial charge in [0.15, 0.2) is 0 Å². The molecule has 0 unspecified atom stereocenters. The van der Waals surface area contributed by atoms with Crippen LogP contribution in [0.25, 0.3) is 0 Å². The first-order valence-corrected chi connectivity index (χ1v) is 6.72. The summed E-state index contributed by atoms with van der Waals surface area (Å²) in [6, 6.07) is 7.41. The second-order valence-corrected chi connectivity index (χ2v) is 5.28. The topological polar surface area (TPSA) is 91.2 Å². The Bertz CT molecular complexity index is 681. The maximum Gasteiger partial charge on any atom is 0.254 e. The first kappa shape index (κ1) is 14.8. The minimum absolute atomic E-state index is 0.171. The van der Waals surface area contributed by atoms with E-state index < -0.39 is 5.91 Å². The zero-order chi connectivity index (χ0) is 15.6. The number of aryl methyl sites for hydroxylation is 1. The number of nitrogens with two attached hydrogens (primary N) is 2. The van der Waals surface area contributed by atoms with Gasteiger partial charge in [-0.1, -0.05) is 26.0 Å². The van der Waals surface area contributed by atoms with Crippen LogP contribution in [0.1, 0.15) is 41.3 Å². The van der Waals surface area contributed by atoms with Crippen LogP contribution in [0.15, 0.2) is 30.5 Å². The molecule has 1 heterocycles. The molecule has 0 bridgehead atoms. The molecule has 1 aromatic carbocycles. The van der Waals surface area contributed by atoms with Crippen LogP contribution in [-0.2, 0) is 0 Å². The molecule has 0 atom stereocenters. The molecule has 0 aliphatic heterocycles. The molecule has 21 heavy (non-hydrogen) atoms. The quantitative estimate of drug-likeness (QED) is 0.903. The van der Waals surface area contributed by atoms with Gasteiger partial charge in [-0.25, -0.2) is 4.98 Å². The van der Waals surface area contributed by atoms with Crippen molar-refractivity contribution in [1.82, 2.24) is 4.98 Å². The molecule has 1 aromatic heterocycles. The minimum Gasteiger partial charge on any atom is -0.438 e. The Morgan fingerprint density at radius 3 is 2.62 bits per heavy atom. The highest BCUT2D eigenvalue weighted by atomic mass is 16.5. The number of hydrogen-bond donors (Lipinski definition) is 2. The maximum absolute atomic E-state index is 11.5. The lowest BCUT2D eigenvalue weighted by molar-refractivity contribution is 0.0997. The first-order chi connectivity index (χ1) is 9.88. The third-order valence-corrected chi connectivity index (χ3v) is 3.14. The van der Waals surface area contributed by atoms with Gasteiger partial charge in [-0.2, -0.15) is 0 Å². The summed E-state index contributed by atoms with van der Waals surface area (Å²) in [4.78, 5) is 15.6. The summed E-state index contributed by atoms with van der Waals surface area (Å²) in [5.74, 6) is 0.504. The second kappa shape index (κ2) is 5.83. The Hall–Kier alpha value is -2.56. The molecule has 5 nitrogen and oxygen atoms in total. The molecule has 2 aromatic rings. The average Bonchev–Trinajstić information content (AvgIpc) is 2.40. The predicted octanol–water partition coefficient (Wildman–Crippen LogP) is 2.99. The molecule has 0 spiro atoms. The highest BCUT2D eigenvalue weighted by Crippen LogP contribution is 2.32. The highest BCUT2D eigenvalue weighted by molar-refractivity contribution is 5.95. The van der Waals surface area contributed by atoms with E-state index in [4.69, 9.17) is 16.2 Å². The van der Waals surface area contributed by atoms with Crippen LogP contribution in [0.3, 0.4) is 0 Å². The number of carbonyl (C=O) groups excluding carboxylic acids is 1. The van der Waals surface area contributed by atoms with Crippen LogP contribution in [-0.4, -0.2) is 10.9 Å². The van der Waals surface area contributed by atoms with Gasteiger partial charge in [0.1, 0.15) is 11.3 Å². The second-order valence-electron chi connectivity index (χ2n) is 5.28. The van der Waals surface area contributed by atoms with Gasteiger partial charge in [0.05, 0.1) is 11.9 Å². The Kier molecular flexibility index (Phi) is 4.12. The maximum atomic E-state index is 11.5. The minimum atomic E-state index is -0.622. The third kappa shape index (κ3) is 3.31. The number of benzene rings is 1. The van der Waals surface area contributed by atoms with Gasteiger partial charge < -0.3 is 16.2 Å². The number of nitrogens with zero attached hydrogens (tertiary/aromatic N) is 1. The van der Waals surface area contributed by atoms with Gasteiger partial charge in [0.2, 0.25) is 5.88 Å². The number of anilines is 1. The van der Waals surface area contributed by atoms with Crippen LogP contribution in [0.5, 0.6) is 11.6 Å². The van der Waals surface area contributed by atoms with Crippen LogP contribution >= 0.6 is 0 Å². The van der Waals surface area contributed by atoms with Crippen LogP contribution < -0.4 is 16.2 Å². The van der Waals surface area contributed by atoms with Crippen molar-refractivity contribution in [3.63, 3.8) is 0 Å². The van der Waals surface area contributed by atoms with E-state index in [0.29, 0.717) is 11.4 Å². The van der Waals surface area contributed by atoms with E-state index in [-0.39, 0.29) is 17.4 Å². The summed E-state index contributed by atoms with van der Waals surface area (Å²) in [5, 5.41) is 0. The average molecular weight is 285 g/mol. The van der Waals surface area contributed by atoms with Gasteiger partial charge >= 0.3 is 0 Å². The molecular formula is C16H19N3O2. The molecule has 110 valence electrons. The molecule has 0 saturated carbocycles. The van der Waals surface area contributed by atoms with E-state index in [0.717, 1.165) is 11.1 Å². The number of rotatable bonds is 4. The van der Waals surface area contributed by atoms with Gasteiger partial charge in [-0.05, 0) is 36.1 Å². The largest absolute Gasteiger partial charge is 0.438 e. The lowest BCUT2D eigenvalue weighted by atomic mass is 10.0. The predicted molar refractivity (Wildman–Crippen MR) is 82.5 cm³/mol. The van der Waals surface area contributed by atoms with Crippen molar-refractivity contribution in [1.29, 1.82) is 0 Å². The standard InChI is InChI=1S/C16H19N3O2/c1-9(2)12-5-4-10(3)6-14(12)21-16-13(15(18)20)7-11(17)8-19-16/h4-9H,17H2,1-3H3,(H2,18,20). The van der Waals surface area contributed by atoms with E-state index in [2.05, 4.69) is 18.8 Å². The fourth-order valence-corrected chi connectivity index (χ4v) is 2.04. The highest BCUT2D eigenvalue weighted by Gasteiger charge is 2.15. The number of primary amides is 1. The number of ether oxygens (including phenoxy) is 1. The summed E-state index contributed by atoms with van der Waals surface area (Å²) in [5.41, 5.74) is 13.6. The Balaban J connectivity index is 2.47. The van der Waals surface area contributed by atoms with Crippen molar-refractivity contribution < 1.29 is 9.53 Å². The molecule has 0 aliphatic carbocycles. The summed E-state index contributed by atoms with van der Waals surface area (Å²) in [6.45, 7) is 6.12. The van der Waals surface area contributed by atoms with Gasteiger partial charge in [-0.15, -0.1) is 0 Å². The molecule has 4 N–H and O–H groups in total. The molecule has 5 heteroatoms. The fourth-order valence-electron chi connectivity index (χ4n) is 2.04. The summed E-state index contributed by atoms with van der Waals surface area (Å²) in [7, 11) is 0. The summed E-state index contributed by atoms with van der Waals surface area (Å²) < 4.78 is 5.83. The molecule has 0 saturated heterocycles. The molecule has 1 amide bonds. The van der Waals surface area contributed by atoms with Gasteiger partial charge in [0.25, 0.3) is 5.91 Å². The van der Waals surface area contributed by atoms with E-state index in [1.54, 1.807) is 0 Å². The smallest absolute Gasteiger partial charge is 0.254 e. The SMILES string of the molecule is Cc1ccc(C(C)C)c(Oc2ncc(N)cc2C(N)=O)c1. The molecular weight excluding hydrogens is 266 g/mol. The van der Waals surface area contributed by atoms with Crippen LogP contribution in [0.2, 0.25) is 0 Å². The van der Waals surface area contributed by atoms with Crippen molar-refractivity contribution >= 4 is 11.6 Å². The first-order valence-electron chi connectivity index (χ1n) is 6.72. The Morgan fingerprint density at radius 1 is 1.29 bits per heavy atom. The Labute approximate surface area is 123 Å². The van der Waals surface area contributed by atoms with E-state index in [1.807, 2.05) is 25.1 Å². The number of nitrogen functional groups attached to an aromatic ring is 1. The van der Waals surface area contributed by atoms with Crippen molar-refractivity contribution in [2.75, 3.05) is 5.73 Å². The van der Waals surface area contributed by atoms with Gasteiger partial charge in [0, 0.05) is 0 Å². The third-order valence-electron chi connectivity index (χ3n) is 3.14. The van der Waals surface area contributed by atoms with E-state index >= 15 is 0 Å². The van der Waals surface area contributed by atoms with Crippen LogP contribution in [0.4, 0.5) is 5.69 Å². The summed E-state index contributed by atoms with van der Waals surface area (Å²) in [6.07, 6.45) is 1.44. The molecule has 0 aliphatic rings. The number of aromatic nitrogens is 1. The normalized spacial score (nSPS) is 10.7. The summed E-state index contributed by atoms with van der Waals surface area (Å²) >= 11 is 0. The van der Waals surface area contributed by atoms with Crippen molar-refractivity contribution in [2.24, 2.45) is 5.73 Å². The fraction of sp³-hybridized carbons (Fsp3) is 0.250. The van der Waals surface area contributed by atoms with E-state index in [9.17, 15) is 4.79 Å². The zero-order valence-corrected chi connectivity index (χ0v) is 12.4. The van der Waals surface area contributed by atoms with Crippen molar-refractivity contribution in [3.05, 3.63) is 47.2 Å². The monoisotopic (exact) mass is 285 g/mol.